The van der Waals surface area contributed by atoms with Gasteiger partial charge >= 0.3 is 6.18 Å². The number of carbonyl (C=O) groups is 1. The molecule has 0 bridgehead atoms. The third kappa shape index (κ3) is 5.57. The molecule has 2 aromatic rings. The van der Waals surface area contributed by atoms with E-state index in [2.05, 4.69) is 20.6 Å². The Labute approximate surface area is 152 Å². The van der Waals surface area contributed by atoms with Crippen LogP contribution in [0, 0.1) is 0 Å². The number of amides is 1. The molecule has 0 aliphatic rings. The third-order valence-corrected chi connectivity index (χ3v) is 3.59. The molecule has 6 nitrogen and oxygen atoms in total. The lowest BCUT2D eigenvalue weighted by Gasteiger charge is -2.12. The summed E-state index contributed by atoms with van der Waals surface area (Å²) in [6, 6.07) is 4.53. The van der Waals surface area contributed by atoms with Crippen LogP contribution in [0.4, 0.5) is 24.7 Å². The molecular weight excluding hydrogens is 373 g/mol. The smallest absolute Gasteiger partial charge is 0.385 e. The average molecular weight is 389 g/mol. The van der Waals surface area contributed by atoms with E-state index in [1.54, 1.807) is 7.11 Å². The van der Waals surface area contributed by atoms with E-state index in [1.807, 2.05) is 0 Å². The summed E-state index contributed by atoms with van der Waals surface area (Å²) in [4.78, 5) is 20.0. The van der Waals surface area contributed by atoms with Gasteiger partial charge in [0.2, 0.25) is 0 Å². The van der Waals surface area contributed by atoms with Gasteiger partial charge in [-0.3, -0.25) is 4.79 Å². The van der Waals surface area contributed by atoms with Gasteiger partial charge in [0.25, 0.3) is 5.91 Å². The predicted octanol–water partition coefficient (Wildman–Crippen LogP) is 3.85. The molecule has 0 spiro atoms. The summed E-state index contributed by atoms with van der Waals surface area (Å²) in [6.45, 7) is 1.15. The molecule has 0 aliphatic carbocycles. The minimum atomic E-state index is -4.62. The molecule has 0 fully saturated rings. The number of ether oxygens (including phenoxy) is 1. The van der Waals surface area contributed by atoms with Gasteiger partial charge in [-0.15, -0.1) is 0 Å². The van der Waals surface area contributed by atoms with Gasteiger partial charge < -0.3 is 15.4 Å². The van der Waals surface area contributed by atoms with Crippen molar-refractivity contribution in [1.82, 2.24) is 9.97 Å². The molecule has 0 unspecified atom stereocenters. The fourth-order valence-electron chi connectivity index (χ4n) is 2.03. The topological polar surface area (TPSA) is 76.1 Å². The number of benzene rings is 1. The average Bonchev–Trinajstić information content (AvgIpc) is 2.59. The van der Waals surface area contributed by atoms with E-state index in [-0.39, 0.29) is 11.4 Å². The molecular formula is C16H16ClF3N4O2. The molecule has 2 rings (SSSR count). The second-order valence-corrected chi connectivity index (χ2v) is 5.62. The second kappa shape index (κ2) is 8.81. The Kier molecular flexibility index (Phi) is 6.76. The second-order valence-electron chi connectivity index (χ2n) is 5.21. The highest BCUT2D eigenvalue weighted by Crippen LogP contribution is 2.36. The van der Waals surface area contributed by atoms with E-state index >= 15 is 0 Å². The van der Waals surface area contributed by atoms with Crippen molar-refractivity contribution in [2.75, 3.05) is 30.9 Å². The van der Waals surface area contributed by atoms with Crippen molar-refractivity contribution < 1.29 is 22.7 Å². The van der Waals surface area contributed by atoms with E-state index in [1.165, 1.54) is 18.5 Å². The number of hydrogen-bond donors (Lipinski definition) is 2. The Balaban J connectivity index is 2.08. The highest BCUT2D eigenvalue weighted by molar-refractivity contribution is 6.31. The highest BCUT2D eigenvalue weighted by Gasteiger charge is 2.33. The lowest BCUT2D eigenvalue weighted by atomic mass is 10.2. The van der Waals surface area contributed by atoms with Gasteiger partial charge in [-0.1, -0.05) is 11.6 Å². The van der Waals surface area contributed by atoms with Crippen molar-refractivity contribution >= 4 is 29.0 Å². The molecule has 26 heavy (non-hydrogen) atoms. The molecule has 140 valence electrons. The van der Waals surface area contributed by atoms with Crippen molar-refractivity contribution in [2.24, 2.45) is 0 Å². The Morgan fingerprint density at radius 3 is 2.73 bits per heavy atom. The first-order chi connectivity index (χ1) is 12.3. The van der Waals surface area contributed by atoms with E-state index in [9.17, 15) is 18.0 Å². The van der Waals surface area contributed by atoms with Gasteiger partial charge in [-0.25, -0.2) is 9.97 Å². The minimum Gasteiger partial charge on any atom is -0.385 e. The van der Waals surface area contributed by atoms with Crippen molar-refractivity contribution in [3.8, 4) is 0 Å². The van der Waals surface area contributed by atoms with Gasteiger partial charge in [0, 0.05) is 32.0 Å². The van der Waals surface area contributed by atoms with Crippen LogP contribution in [0.15, 0.2) is 30.6 Å². The number of alkyl halides is 3. The zero-order chi connectivity index (χ0) is 19.2. The van der Waals surface area contributed by atoms with E-state index in [0.29, 0.717) is 19.0 Å². The van der Waals surface area contributed by atoms with E-state index in [4.69, 9.17) is 16.3 Å². The van der Waals surface area contributed by atoms with Crippen LogP contribution in [-0.2, 0) is 10.9 Å². The predicted molar refractivity (Wildman–Crippen MR) is 91.4 cm³/mol. The molecule has 1 aromatic heterocycles. The van der Waals surface area contributed by atoms with Crippen LogP contribution in [0.3, 0.4) is 0 Å². The van der Waals surface area contributed by atoms with Crippen LogP contribution < -0.4 is 10.6 Å². The van der Waals surface area contributed by atoms with Crippen molar-refractivity contribution in [3.63, 3.8) is 0 Å². The molecule has 0 saturated heterocycles. The maximum Gasteiger partial charge on any atom is 0.417 e. The van der Waals surface area contributed by atoms with Crippen molar-refractivity contribution in [3.05, 3.63) is 46.9 Å². The summed E-state index contributed by atoms with van der Waals surface area (Å²) in [6.07, 6.45) is -2.68. The Morgan fingerprint density at radius 1 is 1.27 bits per heavy atom. The molecule has 1 aromatic carbocycles. The number of halogens is 4. The molecule has 0 atom stereocenters. The Morgan fingerprint density at radius 2 is 2.04 bits per heavy atom. The lowest BCUT2D eigenvalue weighted by Crippen LogP contribution is -2.16. The van der Waals surface area contributed by atoms with Gasteiger partial charge in [0.05, 0.1) is 10.6 Å². The fraction of sp³-hybridized carbons (Fsp3) is 0.312. The summed E-state index contributed by atoms with van der Waals surface area (Å²) < 4.78 is 43.6. The summed E-state index contributed by atoms with van der Waals surface area (Å²) in [5.41, 5.74) is -1.06. The fourth-order valence-corrected chi connectivity index (χ4v) is 2.25. The van der Waals surface area contributed by atoms with Crippen LogP contribution in [0.2, 0.25) is 5.02 Å². The lowest BCUT2D eigenvalue weighted by molar-refractivity contribution is -0.137. The van der Waals surface area contributed by atoms with Crippen LogP contribution >= 0.6 is 11.6 Å². The highest BCUT2D eigenvalue weighted by atomic mass is 35.5. The molecule has 1 amide bonds. The largest absolute Gasteiger partial charge is 0.417 e. The number of aromatic nitrogens is 2. The van der Waals surface area contributed by atoms with Crippen LogP contribution in [0.5, 0.6) is 0 Å². The number of nitrogens with one attached hydrogen (secondary N) is 2. The standard InChI is InChI=1S/C16H16ClF3N4O2/c1-26-6-2-5-21-14-8-13(22-9-23-14)15(25)24-10-3-4-12(17)11(7-10)16(18,19)20/h3-4,7-9H,2,5-6H2,1H3,(H,24,25)(H,21,22,23). The quantitative estimate of drug-likeness (QED) is 0.704. The summed E-state index contributed by atoms with van der Waals surface area (Å²) in [7, 11) is 1.59. The van der Waals surface area contributed by atoms with E-state index in [0.717, 1.165) is 18.6 Å². The molecule has 2 N–H and O–H groups in total. The van der Waals surface area contributed by atoms with Crippen LogP contribution in [0.25, 0.3) is 0 Å². The first-order valence-electron chi connectivity index (χ1n) is 7.54. The number of anilines is 2. The number of nitrogens with zero attached hydrogens (tertiary/aromatic N) is 2. The first kappa shape index (κ1) is 19.9. The maximum atomic E-state index is 12.9. The number of hydrogen-bond acceptors (Lipinski definition) is 5. The van der Waals surface area contributed by atoms with Crippen LogP contribution in [-0.4, -0.2) is 36.1 Å². The summed E-state index contributed by atoms with van der Waals surface area (Å²) in [5.74, 6) is -0.240. The molecule has 0 saturated carbocycles. The first-order valence-corrected chi connectivity index (χ1v) is 7.92. The van der Waals surface area contributed by atoms with E-state index < -0.39 is 22.7 Å². The monoisotopic (exact) mass is 388 g/mol. The molecule has 10 heteroatoms. The number of methoxy groups -OCH3 is 1. The maximum absolute atomic E-state index is 12.9. The SMILES string of the molecule is COCCCNc1cc(C(=O)Nc2ccc(Cl)c(C(F)(F)F)c2)ncn1. The van der Waals surface area contributed by atoms with Gasteiger partial charge in [-0.05, 0) is 24.6 Å². The summed E-state index contributed by atoms with van der Waals surface area (Å²) >= 11 is 5.56. The zero-order valence-electron chi connectivity index (χ0n) is 13.7. The number of carbonyl (C=O) groups excluding carboxylic acids is 1. The normalized spacial score (nSPS) is 11.3. The van der Waals surface area contributed by atoms with Gasteiger partial charge in [-0.2, -0.15) is 13.2 Å². The molecule has 0 radical (unpaired) electrons. The number of rotatable bonds is 7. The summed E-state index contributed by atoms with van der Waals surface area (Å²) in [5, 5.41) is 4.92. The van der Waals surface area contributed by atoms with Crippen LogP contribution in [0.1, 0.15) is 22.5 Å². The third-order valence-electron chi connectivity index (χ3n) is 3.26. The van der Waals surface area contributed by atoms with Gasteiger partial charge in [0.1, 0.15) is 17.8 Å². The zero-order valence-corrected chi connectivity index (χ0v) is 14.5. The molecule has 1 heterocycles. The van der Waals surface area contributed by atoms with Crippen molar-refractivity contribution in [1.29, 1.82) is 0 Å². The van der Waals surface area contributed by atoms with Crippen molar-refractivity contribution in [2.45, 2.75) is 12.6 Å². The Hall–Kier alpha value is -2.39. The Bertz CT molecular complexity index is 771. The molecule has 0 aliphatic heterocycles. The minimum absolute atomic E-state index is 0.0118. The van der Waals surface area contributed by atoms with Gasteiger partial charge in [0.15, 0.2) is 0 Å².